The lowest BCUT2D eigenvalue weighted by molar-refractivity contribution is -0.120. The average Bonchev–Trinajstić information content (AvgIpc) is 2.98. The summed E-state index contributed by atoms with van der Waals surface area (Å²) in [5, 5.41) is 15.2. The summed E-state index contributed by atoms with van der Waals surface area (Å²) < 4.78 is 5.48. The highest BCUT2D eigenvalue weighted by Crippen LogP contribution is 2.10. The van der Waals surface area contributed by atoms with Gasteiger partial charge in [-0.2, -0.15) is 5.10 Å². The van der Waals surface area contributed by atoms with Crippen molar-refractivity contribution in [1.82, 2.24) is 20.9 Å². The molecule has 0 bridgehead atoms. The van der Waals surface area contributed by atoms with E-state index >= 15 is 0 Å². The van der Waals surface area contributed by atoms with Gasteiger partial charge >= 0.3 is 6.03 Å². The topological polar surface area (TPSA) is 120 Å². The van der Waals surface area contributed by atoms with Crippen LogP contribution >= 0.6 is 23.6 Å². The molecule has 9 nitrogen and oxygen atoms in total. The zero-order valence-corrected chi connectivity index (χ0v) is 14.2. The summed E-state index contributed by atoms with van der Waals surface area (Å²) in [7, 11) is 1.58. The number of aromatic nitrogens is 2. The van der Waals surface area contributed by atoms with Gasteiger partial charge in [-0.15, -0.1) is 5.10 Å². The van der Waals surface area contributed by atoms with Gasteiger partial charge in [0.15, 0.2) is 3.95 Å². The van der Waals surface area contributed by atoms with Crippen molar-refractivity contribution in [3.8, 4) is 5.75 Å². The number of H-pyrrole nitrogens is 1. The molecule has 0 aliphatic carbocycles. The number of rotatable bonds is 6. The molecule has 1 aromatic heterocycles. The van der Waals surface area contributed by atoms with Gasteiger partial charge in [-0.25, -0.2) is 10.2 Å². The average molecular weight is 366 g/mol. The molecule has 0 fully saturated rings. The molecule has 1 aromatic carbocycles. The highest BCUT2D eigenvalue weighted by Gasteiger charge is 2.06. The maximum Gasteiger partial charge on any atom is 0.321 e. The fourth-order valence-corrected chi connectivity index (χ4v) is 2.28. The van der Waals surface area contributed by atoms with Crippen LogP contribution in [0.2, 0.25) is 0 Å². The van der Waals surface area contributed by atoms with Crippen LogP contribution in [-0.4, -0.2) is 42.0 Å². The van der Waals surface area contributed by atoms with Crippen molar-refractivity contribution < 1.29 is 14.3 Å². The maximum atomic E-state index is 11.6. The molecule has 0 radical (unpaired) electrons. The number of carbonyl (C=O) groups is 2. The van der Waals surface area contributed by atoms with E-state index in [1.165, 1.54) is 6.21 Å². The molecule has 24 heavy (non-hydrogen) atoms. The third-order valence-electron chi connectivity index (χ3n) is 2.59. The summed E-state index contributed by atoms with van der Waals surface area (Å²) in [6.45, 7) is -0.235. The fraction of sp³-hybridized carbons (Fsp3) is 0.154. The smallest absolute Gasteiger partial charge is 0.321 e. The zero-order valence-electron chi connectivity index (χ0n) is 12.5. The van der Waals surface area contributed by atoms with Crippen LogP contribution in [0.4, 0.5) is 9.93 Å². The minimum absolute atomic E-state index is 0.235. The minimum Gasteiger partial charge on any atom is -0.497 e. The molecule has 2 rings (SSSR count). The van der Waals surface area contributed by atoms with Gasteiger partial charge in [0.05, 0.1) is 13.3 Å². The number of hydrogen-bond donors (Lipinski definition) is 4. The second-order valence-electron chi connectivity index (χ2n) is 4.29. The number of nitrogens with zero attached hydrogens (tertiary/aromatic N) is 2. The third kappa shape index (κ3) is 5.78. The molecule has 1 heterocycles. The van der Waals surface area contributed by atoms with Gasteiger partial charge in [-0.1, -0.05) is 11.3 Å². The van der Waals surface area contributed by atoms with Gasteiger partial charge in [-0.3, -0.25) is 15.2 Å². The molecule has 0 spiro atoms. The SMILES string of the molecule is COc1ccc(/C=N\NC(=O)CNC(=O)Nc2n[nH]c(=S)s2)cc1. The molecule has 0 aliphatic heterocycles. The number of ether oxygens (including phenoxy) is 1. The first-order valence-corrected chi connectivity index (χ1v) is 7.85. The summed E-state index contributed by atoms with van der Waals surface area (Å²) in [6.07, 6.45) is 1.48. The summed E-state index contributed by atoms with van der Waals surface area (Å²) in [5.41, 5.74) is 3.10. The van der Waals surface area contributed by atoms with Crippen LogP contribution in [0.15, 0.2) is 29.4 Å². The van der Waals surface area contributed by atoms with Crippen molar-refractivity contribution in [2.24, 2.45) is 5.10 Å². The normalized spacial score (nSPS) is 10.4. The Bertz CT molecular complexity index is 784. The molecule has 11 heteroatoms. The number of benzene rings is 1. The monoisotopic (exact) mass is 366 g/mol. The predicted octanol–water partition coefficient (Wildman–Crippen LogP) is 1.48. The Labute approximate surface area is 146 Å². The zero-order chi connectivity index (χ0) is 17.4. The molecular formula is C13H14N6O3S2. The van der Waals surface area contributed by atoms with Gasteiger partial charge in [0, 0.05) is 0 Å². The summed E-state index contributed by atoms with van der Waals surface area (Å²) in [5.74, 6) is 0.261. The Morgan fingerprint density at radius 2 is 2.17 bits per heavy atom. The van der Waals surface area contributed by atoms with Crippen LogP contribution in [0.25, 0.3) is 0 Å². The van der Waals surface area contributed by atoms with E-state index in [1.54, 1.807) is 31.4 Å². The van der Waals surface area contributed by atoms with Gasteiger partial charge < -0.3 is 10.1 Å². The van der Waals surface area contributed by atoms with Crippen molar-refractivity contribution in [1.29, 1.82) is 0 Å². The number of urea groups is 1. The van der Waals surface area contributed by atoms with Gasteiger partial charge in [0.1, 0.15) is 12.3 Å². The molecule has 0 saturated carbocycles. The number of carbonyl (C=O) groups excluding carboxylic acids is 2. The lowest BCUT2D eigenvalue weighted by Crippen LogP contribution is -2.37. The Kier molecular flexibility index (Phi) is 6.40. The number of hydrogen-bond acceptors (Lipinski definition) is 7. The van der Waals surface area contributed by atoms with Crippen LogP contribution in [0, 0.1) is 3.95 Å². The number of nitrogens with one attached hydrogen (secondary N) is 4. The number of hydrazone groups is 1. The Morgan fingerprint density at radius 3 is 2.79 bits per heavy atom. The number of anilines is 1. The van der Waals surface area contributed by atoms with E-state index in [2.05, 4.69) is 31.4 Å². The van der Waals surface area contributed by atoms with Crippen molar-refractivity contribution in [2.75, 3.05) is 19.0 Å². The van der Waals surface area contributed by atoms with Gasteiger partial charge in [0.25, 0.3) is 5.91 Å². The van der Waals surface area contributed by atoms with Crippen molar-refractivity contribution in [3.05, 3.63) is 33.8 Å². The molecule has 0 unspecified atom stereocenters. The predicted molar refractivity (Wildman–Crippen MR) is 93.1 cm³/mol. The molecule has 0 aliphatic rings. The van der Waals surface area contributed by atoms with E-state index in [0.717, 1.165) is 22.6 Å². The summed E-state index contributed by atoms with van der Waals surface area (Å²) in [6, 6.07) is 6.57. The molecular weight excluding hydrogens is 352 g/mol. The second-order valence-corrected chi connectivity index (χ2v) is 5.96. The van der Waals surface area contributed by atoms with Crippen molar-refractivity contribution in [2.45, 2.75) is 0 Å². The first kappa shape index (κ1) is 17.6. The number of methoxy groups -OCH3 is 1. The molecule has 0 atom stereocenters. The largest absolute Gasteiger partial charge is 0.497 e. The van der Waals surface area contributed by atoms with Crippen molar-refractivity contribution >= 4 is 46.8 Å². The first-order chi connectivity index (χ1) is 11.6. The summed E-state index contributed by atoms with van der Waals surface area (Å²) >= 11 is 5.94. The Balaban J connectivity index is 1.71. The molecule has 3 amide bonds. The molecule has 0 saturated heterocycles. The third-order valence-corrected chi connectivity index (χ3v) is 3.59. The summed E-state index contributed by atoms with van der Waals surface area (Å²) in [4.78, 5) is 23.1. The van der Waals surface area contributed by atoms with Gasteiger partial charge in [0.2, 0.25) is 5.13 Å². The van der Waals surface area contributed by atoms with E-state index < -0.39 is 11.9 Å². The number of aromatic amines is 1. The maximum absolute atomic E-state index is 11.6. The minimum atomic E-state index is -0.568. The first-order valence-electron chi connectivity index (χ1n) is 6.63. The second kappa shape index (κ2) is 8.74. The van der Waals surface area contributed by atoms with Crippen LogP contribution < -0.4 is 20.8 Å². The van der Waals surface area contributed by atoms with E-state index in [9.17, 15) is 9.59 Å². The van der Waals surface area contributed by atoms with Gasteiger partial charge in [-0.05, 0) is 42.0 Å². The van der Waals surface area contributed by atoms with Crippen LogP contribution in [0.1, 0.15) is 5.56 Å². The van der Waals surface area contributed by atoms with Crippen LogP contribution in [0.3, 0.4) is 0 Å². The standard InChI is InChI=1S/C13H14N6O3S2/c1-22-9-4-2-8(3-5-9)6-15-17-10(20)7-14-11(21)16-12-18-19-13(23)24-12/h2-6H,7H2,1H3,(H,17,20)(H,19,23)(H2,14,16,18,21)/b15-6-. The lowest BCUT2D eigenvalue weighted by Gasteiger charge is -2.03. The van der Waals surface area contributed by atoms with Crippen molar-refractivity contribution in [3.63, 3.8) is 0 Å². The highest BCUT2D eigenvalue weighted by molar-refractivity contribution is 7.73. The van der Waals surface area contributed by atoms with E-state index in [4.69, 9.17) is 17.0 Å². The Morgan fingerprint density at radius 1 is 1.42 bits per heavy atom. The molecule has 4 N–H and O–H groups in total. The quantitative estimate of drug-likeness (QED) is 0.351. The van der Waals surface area contributed by atoms with E-state index in [-0.39, 0.29) is 6.54 Å². The van der Waals surface area contributed by atoms with E-state index in [1.807, 2.05) is 0 Å². The highest BCUT2D eigenvalue weighted by atomic mass is 32.1. The lowest BCUT2D eigenvalue weighted by atomic mass is 10.2. The molecule has 126 valence electrons. The van der Waals surface area contributed by atoms with E-state index in [0.29, 0.717) is 9.09 Å². The fourth-order valence-electron chi connectivity index (χ4n) is 1.49. The van der Waals surface area contributed by atoms with Crippen LogP contribution in [0.5, 0.6) is 5.75 Å². The molecule has 2 aromatic rings. The number of amides is 3. The Hall–Kier alpha value is -2.79. The van der Waals surface area contributed by atoms with Crippen LogP contribution in [-0.2, 0) is 4.79 Å².